The molecule has 1 N–H and O–H groups in total. The highest BCUT2D eigenvalue weighted by Crippen LogP contribution is 2.23. The minimum Gasteiger partial charge on any atom is -0.309 e. The van der Waals surface area contributed by atoms with Crippen molar-refractivity contribution in [3.63, 3.8) is 0 Å². The summed E-state index contributed by atoms with van der Waals surface area (Å²) >= 11 is 0. The standard InChI is InChI=1S/C11H13F2N/c1-2-7-5-8-9(6-14-7)11(13)4-3-10(8)12/h3-4,7,14H,2,5-6H2,1H3. The Morgan fingerprint density at radius 2 is 1.93 bits per heavy atom. The first-order valence-electron chi connectivity index (χ1n) is 4.91. The highest BCUT2D eigenvalue weighted by Gasteiger charge is 2.22. The Hall–Kier alpha value is -0.960. The van der Waals surface area contributed by atoms with Gasteiger partial charge in [0.2, 0.25) is 0 Å². The predicted molar refractivity (Wildman–Crippen MR) is 51.0 cm³/mol. The van der Waals surface area contributed by atoms with Crippen LogP contribution in [-0.2, 0) is 13.0 Å². The van der Waals surface area contributed by atoms with E-state index in [4.69, 9.17) is 0 Å². The zero-order valence-corrected chi connectivity index (χ0v) is 8.11. The molecule has 0 spiro atoms. The molecule has 1 nitrogen and oxygen atoms in total. The number of benzene rings is 1. The lowest BCUT2D eigenvalue weighted by Gasteiger charge is -2.25. The minimum atomic E-state index is -0.302. The maximum atomic E-state index is 13.4. The molecule has 1 aromatic rings. The molecule has 0 radical (unpaired) electrons. The lowest BCUT2D eigenvalue weighted by Crippen LogP contribution is -2.36. The fourth-order valence-corrected chi connectivity index (χ4v) is 1.90. The van der Waals surface area contributed by atoms with E-state index in [-0.39, 0.29) is 17.7 Å². The van der Waals surface area contributed by atoms with E-state index in [2.05, 4.69) is 5.32 Å². The molecule has 1 aliphatic rings. The van der Waals surface area contributed by atoms with E-state index >= 15 is 0 Å². The molecule has 14 heavy (non-hydrogen) atoms. The Bertz CT molecular complexity index is 349. The quantitative estimate of drug-likeness (QED) is 0.729. The maximum absolute atomic E-state index is 13.4. The normalized spacial score (nSPS) is 20.6. The molecule has 1 aromatic carbocycles. The topological polar surface area (TPSA) is 12.0 Å². The van der Waals surface area contributed by atoms with Crippen LogP contribution in [-0.4, -0.2) is 6.04 Å². The Morgan fingerprint density at radius 1 is 1.29 bits per heavy atom. The second kappa shape index (κ2) is 3.65. The van der Waals surface area contributed by atoms with Crippen LogP contribution in [0.25, 0.3) is 0 Å². The molecule has 3 heteroatoms. The van der Waals surface area contributed by atoms with E-state index in [1.807, 2.05) is 6.92 Å². The molecular weight excluding hydrogens is 184 g/mol. The van der Waals surface area contributed by atoms with Crippen molar-refractivity contribution < 1.29 is 8.78 Å². The number of hydrogen-bond acceptors (Lipinski definition) is 1. The number of hydrogen-bond donors (Lipinski definition) is 1. The molecule has 76 valence electrons. The molecule has 0 fully saturated rings. The largest absolute Gasteiger partial charge is 0.309 e. The number of rotatable bonds is 1. The first-order valence-corrected chi connectivity index (χ1v) is 4.91. The monoisotopic (exact) mass is 197 g/mol. The van der Waals surface area contributed by atoms with Gasteiger partial charge in [-0.2, -0.15) is 0 Å². The van der Waals surface area contributed by atoms with Crippen LogP contribution in [0.5, 0.6) is 0 Å². The van der Waals surface area contributed by atoms with Gasteiger partial charge >= 0.3 is 0 Å². The van der Waals surface area contributed by atoms with Gasteiger partial charge in [0, 0.05) is 18.2 Å². The SMILES string of the molecule is CCC1Cc2c(F)ccc(F)c2CN1. The molecular formula is C11H13F2N. The molecule has 1 atom stereocenters. The number of fused-ring (bicyclic) bond motifs is 1. The second-order valence-electron chi connectivity index (χ2n) is 3.68. The summed E-state index contributed by atoms with van der Waals surface area (Å²) in [6.45, 7) is 2.48. The highest BCUT2D eigenvalue weighted by atomic mass is 19.1. The molecule has 0 aliphatic carbocycles. The third kappa shape index (κ3) is 1.52. The van der Waals surface area contributed by atoms with Gasteiger partial charge in [-0.1, -0.05) is 6.92 Å². The molecule has 0 saturated heterocycles. The predicted octanol–water partition coefficient (Wildman–Crippen LogP) is 2.39. The molecule has 1 aliphatic heterocycles. The summed E-state index contributed by atoms with van der Waals surface area (Å²) in [4.78, 5) is 0. The van der Waals surface area contributed by atoms with Gasteiger partial charge in [-0.25, -0.2) is 8.78 Å². The van der Waals surface area contributed by atoms with Gasteiger partial charge in [-0.05, 0) is 30.5 Å². The fraction of sp³-hybridized carbons (Fsp3) is 0.455. The van der Waals surface area contributed by atoms with E-state index in [1.165, 1.54) is 12.1 Å². The minimum absolute atomic E-state index is 0.277. The summed E-state index contributed by atoms with van der Waals surface area (Å²) < 4.78 is 26.6. The number of nitrogens with one attached hydrogen (secondary N) is 1. The average molecular weight is 197 g/mol. The lowest BCUT2D eigenvalue weighted by atomic mass is 9.94. The van der Waals surface area contributed by atoms with Gasteiger partial charge in [0.1, 0.15) is 11.6 Å². The third-order valence-corrected chi connectivity index (χ3v) is 2.83. The van der Waals surface area contributed by atoms with Crippen LogP contribution in [0.1, 0.15) is 24.5 Å². The van der Waals surface area contributed by atoms with Crippen molar-refractivity contribution in [2.24, 2.45) is 0 Å². The van der Waals surface area contributed by atoms with Crippen molar-refractivity contribution in [3.05, 3.63) is 34.9 Å². The maximum Gasteiger partial charge on any atom is 0.128 e. The Morgan fingerprint density at radius 3 is 2.57 bits per heavy atom. The lowest BCUT2D eigenvalue weighted by molar-refractivity contribution is 0.437. The molecule has 2 rings (SSSR count). The Kier molecular flexibility index (Phi) is 2.50. The summed E-state index contributed by atoms with van der Waals surface area (Å²) in [6.07, 6.45) is 1.53. The number of halogens is 2. The van der Waals surface area contributed by atoms with Crippen molar-refractivity contribution in [2.45, 2.75) is 32.4 Å². The van der Waals surface area contributed by atoms with E-state index in [1.54, 1.807) is 0 Å². The summed E-state index contributed by atoms with van der Waals surface area (Å²) in [7, 11) is 0. The molecule has 1 heterocycles. The first kappa shape index (κ1) is 9.59. The summed E-state index contributed by atoms with van der Waals surface area (Å²) in [5, 5.41) is 3.19. The van der Waals surface area contributed by atoms with Gasteiger partial charge in [-0.3, -0.25) is 0 Å². The van der Waals surface area contributed by atoms with Crippen LogP contribution in [0.2, 0.25) is 0 Å². The van der Waals surface area contributed by atoms with Crippen LogP contribution in [0.4, 0.5) is 8.78 Å². The van der Waals surface area contributed by atoms with Crippen molar-refractivity contribution in [2.75, 3.05) is 0 Å². The summed E-state index contributed by atoms with van der Waals surface area (Å²) in [5.41, 5.74) is 1.05. The Balaban J connectivity index is 2.40. The van der Waals surface area contributed by atoms with Crippen molar-refractivity contribution in [1.29, 1.82) is 0 Å². The van der Waals surface area contributed by atoms with Gasteiger partial charge in [0.05, 0.1) is 0 Å². The van der Waals surface area contributed by atoms with Crippen LogP contribution in [0.3, 0.4) is 0 Å². The van der Waals surface area contributed by atoms with E-state index in [9.17, 15) is 8.78 Å². The van der Waals surface area contributed by atoms with Gasteiger partial charge in [-0.15, -0.1) is 0 Å². The smallest absolute Gasteiger partial charge is 0.128 e. The van der Waals surface area contributed by atoms with E-state index in [0.717, 1.165) is 6.42 Å². The molecule has 0 amide bonds. The van der Waals surface area contributed by atoms with Gasteiger partial charge in [0.25, 0.3) is 0 Å². The van der Waals surface area contributed by atoms with Crippen LogP contribution in [0, 0.1) is 11.6 Å². The van der Waals surface area contributed by atoms with Crippen LogP contribution in [0.15, 0.2) is 12.1 Å². The summed E-state index contributed by atoms with van der Waals surface area (Å²) in [6, 6.07) is 2.69. The zero-order valence-electron chi connectivity index (χ0n) is 8.11. The average Bonchev–Trinajstić information content (AvgIpc) is 2.23. The fourth-order valence-electron chi connectivity index (χ4n) is 1.90. The van der Waals surface area contributed by atoms with E-state index < -0.39 is 0 Å². The molecule has 1 unspecified atom stereocenters. The molecule has 0 aromatic heterocycles. The molecule has 0 saturated carbocycles. The summed E-state index contributed by atoms with van der Waals surface area (Å²) in [5.74, 6) is -0.579. The van der Waals surface area contributed by atoms with Crippen LogP contribution < -0.4 is 5.32 Å². The van der Waals surface area contributed by atoms with Crippen LogP contribution >= 0.6 is 0 Å². The highest BCUT2D eigenvalue weighted by molar-refractivity contribution is 5.32. The second-order valence-corrected chi connectivity index (χ2v) is 3.68. The van der Waals surface area contributed by atoms with Gasteiger partial charge < -0.3 is 5.32 Å². The van der Waals surface area contributed by atoms with Crippen molar-refractivity contribution in [1.82, 2.24) is 5.32 Å². The van der Waals surface area contributed by atoms with E-state index in [0.29, 0.717) is 24.1 Å². The Labute approximate surface area is 82.1 Å². The third-order valence-electron chi connectivity index (χ3n) is 2.83. The van der Waals surface area contributed by atoms with Crippen molar-refractivity contribution >= 4 is 0 Å². The van der Waals surface area contributed by atoms with Gasteiger partial charge in [0.15, 0.2) is 0 Å². The van der Waals surface area contributed by atoms with Crippen molar-refractivity contribution in [3.8, 4) is 0 Å². The molecule has 0 bridgehead atoms. The first-order chi connectivity index (χ1) is 6.72. The zero-order chi connectivity index (χ0) is 10.1.